The predicted molar refractivity (Wildman–Crippen MR) is 121 cm³/mol. The maximum Gasteiger partial charge on any atom is 0.192 e. The number of Topliss-reactive ketones (excluding diaryl/α,β-unsaturated/α-hetero) is 1. The summed E-state index contributed by atoms with van der Waals surface area (Å²) in [6.07, 6.45) is 8.70. The van der Waals surface area contributed by atoms with Gasteiger partial charge in [-0.2, -0.15) is 0 Å². The average Bonchev–Trinajstić information content (AvgIpc) is 2.85. The summed E-state index contributed by atoms with van der Waals surface area (Å²) < 4.78 is 24.1. The molecule has 164 valence electrons. The lowest BCUT2D eigenvalue weighted by atomic mass is 9.57. The van der Waals surface area contributed by atoms with Crippen LogP contribution in [0.15, 0.2) is 47.5 Å². The highest BCUT2D eigenvalue weighted by atomic mass is 16.5. The SMILES string of the molecule is COc1ccc2c(c1)O[C@@H]1C(=C2)C(=O)C2=Cc3ccc(OC)cc3O[C@@H]2C12CCCCC2. The Morgan fingerprint density at radius 1 is 0.781 bits per heavy atom. The second kappa shape index (κ2) is 7.16. The first-order valence-corrected chi connectivity index (χ1v) is 11.3. The molecule has 2 aliphatic carbocycles. The summed E-state index contributed by atoms with van der Waals surface area (Å²) in [5.74, 6) is 3.05. The summed E-state index contributed by atoms with van der Waals surface area (Å²) in [6, 6.07) is 11.5. The van der Waals surface area contributed by atoms with Crippen LogP contribution in [0.3, 0.4) is 0 Å². The lowest BCUT2D eigenvalue weighted by Crippen LogP contribution is -2.59. The lowest BCUT2D eigenvalue weighted by molar-refractivity contribution is -0.122. The van der Waals surface area contributed by atoms with Crippen LogP contribution in [-0.2, 0) is 4.79 Å². The Hall–Kier alpha value is -3.21. The number of benzene rings is 2. The molecular weight excluding hydrogens is 404 g/mol. The van der Waals surface area contributed by atoms with Crippen LogP contribution < -0.4 is 18.9 Å². The third-order valence-electron chi connectivity index (χ3n) is 7.47. The minimum absolute atomic E-state index is 0.0270. The zero-order valence-electron chi connectivity index (χ0n) is 18.4. The number of ether oxygens (including phenoxy) is 4. The molecule has 4 aliphatic rings. The molecule has 5 heteroatoms. The van der Waals surface area contributed by atoms with Gasteiger partial charge in [0, 0.05) is 34.4 Å². The molecule has 32 heavy (non-hydrogen) atoms. The first kappa shape index (κ1) is 19.5. The van der Waals surface area contributed by atoms with Crippen LogP contribution in [0.25, 0.3) is 12.2 Å². The second-order valence-corrected chi connectivity index (χ2v) is 9.13. The minimum Gasteiger partial charge on any atom is -0.497 e. The maximum absolute atomic E-state index is 13.7. The van der Waals surface area contributed by atoms with Gasteiger partial charge in [0.1, 0.15) is 35.2 Å². The van der Waals surface area contributed by atoms with Gasteiger partial charge in [0.15, 0.2) is 5.78 Å². The molecule has 2 aromatic carbocycles. The van der Waals surface area contributed by atoms with E-state index in [1.165, 1.54) is 6.42 Å². The molecule has 2 aromatic rings. The first-order valence-electron chi connectivity index (χ1n) is 11.3. The molecule has 0 amide bonds. The fourth-order valence-corrected chi connectivity index (χ4v) is 5.86. The van der Waals surface area contributed by atoms with Crippen LogP contribution in [-0.4, -0.2) is 32.2 Å². The van der Waals surface area contributed by atoms with Gasteiger partial charge in [0.2, 0.25) is 0 Å². The van der Waals surface area contributed by atoms with E-state index in [0.717, 1.165) is 71.0 Å². The Balaban J connectivity index is 1.52. The number of methoxy groups -OCH3 is 2. The van der Waals surface area contributed by atoms with Gasteiger partial charge in [0.05, 0.1) is 19.6 Å². The van der Waals surface area contributed by atoms with E-state index in [0.29, 0.717) is 0 Å². The number of hydrogen-bond acceptors (Lipinski definition) is 5. The van der Waals surface area contributed by atoms with Gasteiger partial charge in [-0.15, -0.1) is 0 Å². The van der Waals surface area contributed by atoms with E-state index in [2.05, 4.69) is 0 Å². The predicted octanol–water partition coefficient (Wildman–Crippen LogP) is 5.23. The van der Waals surface area contributed by atoms with Crippen molar-refractivity contribution in [3.8, 4) is 23.0 Å². The molecule has 0 radical (unpaired) electrons. The highest BCUT2D eigenvalue weighted by molar-refractivity contribution is 6.17. The van der Waals surface area contributed by atoms with E-state index in [9.17, 15) is 4.79 Å². The van der Waals surface area contributed by atoms with Crippen LogP contribution in [0.4, 0.5) is 0 Å². The molecule has 2 atom stereocenters. The summed E-state index contributed by atoms with van der Waals surface area (Å²) >= 11 is 0. The van der Waals surface area contributed by atoms with Crippen molar-refractivity contribution in [2.45, 2.75) is 44.3 Å². The Bertz CT molecular complexity index is 1090. The Kier molecular flexibility index (Phi) is 4.36. The molecule has 0 N–H and O–H groups in total. The quantitative estimate of drug-likeness (QED) is 0.653. The molecule has 0 unspecified atom stereocenters. The highest BCUT2D eigenvalue weighted by Crippen LogP contribution is 2.56. The van der Waals surface area contributed by atoms with Gasteiger partial charge in [-0.3, -0.25) is 4.79 Å². The molecule has 2 fully saturated rings. The molecule has 2 saturated carbocycles. The van der Waals surface area contributed by atoms with Gasteiger partial charge in [-0.1, -0.05) is 19.3 Å². The van der Waals surface area contributed by atoms with Crippen molar-refractivity contribution < 1.29 is 23.7 Å². The molecule has 0 bridgehead atoms. The van der Waals surface area contributed by atoms with Crippen LogP contribution in [0.1, 0.15) is 43.2 Å². The van der Waals surface area contributed by atoms with Crippen molar-refractivity contribution in [1.29, 1.82) is 0 Å². The zero-order chi connectivity index (χ0) is 21.9. The Labute approximate surface area is 187 Å². The van der Waals surface area contributed by atoms with Crippen LogP contribution in [0.2, 0.25) is 0 Å². The first-order chi connectivity index (χ1) is 15.6. The van der Waals surface area contributed by atoms with Crippen LogP contribution in [0.5, 0.6) is 23.0 Å². The van der Waals surface area contributed by atoms with Crippen molar-refractivity contribution in [3.63, 3.8) is 0 Å². The van der Waals surface area contributed by atoms with E-state index in [-0.39, 0.29) is 23.4 Å². The van der Waals surface area contributed by atoms with Crippen molar-refractivity contribution in [2.75, 3.05) is 14.2 Å². The Morgan fingerprint density at radius 2 is 1.28 bits per heavy atom. The fourth-order valence-electron chi connectivity index (χ4n) is 5.86. The number of fused-ring (bicyclic) bond motifs is 6. The average molecular weight is 431 g/mol. The monoisotopic (exact) mass is 430 g/mol. The summed E-state index contributed by atoms with van der Waals surface area (Å²) in [5.41, 5.74) is 3.03. The van der Waals surface area contributed by atoms with Gasteiger partial charge < -0.3 is 18.9 Å². The maximum atomic E-state index is 13.7. The van der Waals surface area contributed by atoms with Crippen LogP contribution in [0, 0.1) is 5.41 Å². The third-order valence-corrected chi connectivity index (χ3v) is 7.47. The molecule has 5 nitrogen and oxygen atoms in total. The molecule has 0 saturated heterocycles. The van der Waals surface area contributed by atoms with Crippen molar-refractivity contribution in [2.24, 2.45) is 5.41 Å². The van der Waals surface area contributed by atoms with Crippen LogP contribution >= 0.6 is 0 Å². The summed E-state index contributed by atoms with van der Waals surface area (Å²) in [4.78, 5) is 13.7. The van der Waals surface area contributed by atoms with Crippen molar-refractivity contribution >= 4 is 17.9 Å². The number of rotatable bonds is 2. The highest BCUT2D eigenvalue weighted by Gasteiger charge is 2.59. The zero-order valence-corrected chi connectivity index (χ0v) is 18.4. The molecule has 0 aromatic heterocycles. The lowest BCUT2D eigenvalue weighted by Gasteiger charge is -2.53. The topological polar surface area (TPSA) is 54.0 Å². The molecule has 6 rings (SSSR count). The minimum atomic E-state index is -0.329. The fraction of sp³-hybridized carbons (Fsp3) is 0.370. The Morgan fingerprint density at radius 3 is 1.75 bits per heavy atom. The summed E-state index contributed by atoms with van der Waals surface area (Å²) in [6.45, 7) is 0. The molecular formula is C27H26O5. The standard InChI is InChI=1S/C27H26O5/c1-29-18-8-6-16-12-20-24(28)21-13-17-7-9-19(30-2)15-23(17)32-26(21)27(10-4-3-5-11-27)25(20)31-22(16)14-18/h6-9,12-15,25-26H,3-5,10-11H2,1-2H3/t25-,26+. The summed E-state index contributed by atoms with van der Waals surface area (Å²) in [7, 11) is 3.30. The normalized spacial score (nSPS) is 24.5. The van der Waals surface area contributed by atoms with Crippen molar-refractivity contribution in [3.05, 3.63) is 58.7 Å². The summed E-state index contributed by atoms with van der Waals surface area (Å²) in [5, 5.41) is 0. The van der Waals surface area contributed by atoms with Gasteiger partial charge in [0.25, 0.3) is 0 Å². The third kappa shape index (κ3) is 2.73. The van der Waals surface area contributed by atoms with E-state index in [1.807, 2.05) is 48.6 Å². The molecule has 1 spiro atoms. The molecule has 2 aliphatic heterocycles. The van der Waals surface area contributed by atoms with Crippen molar-refractivity contribution in [1.82, 2.24) is 0 Å². The number of ketones is 1. The smallest absolute Gasteiger partial charge is 0.192 e. The number of carbonyl (C=O) groups is 1. The molecule has 2 heterocycles. The van der Waals surface area contributed by atoms with E-state index in [4.69, 9.17) is 18.9 Å². The van der Waals surface area contributed by atoms with Gasteiger partial charge >= 0.3 is 0 Å². The second-order valence-electron chi connectivity index (χ2n) is 9.13. The van der Waals surface area contributed by atoms with E-state index >= 15 is 0 Å². The number of hydrogen-bond donors (Lipinski definition) is 0. The van der Waals surface area contributed by atoms with E-state index < -0.39 is 0 Å². The largest absolute Gasteiger partial charge is 0.497 e. The van der Waals surface area contributed by atoms with Gasteiger partial charge in [-0.05, 0) is 49.3 Å². The number of carbonyl (C=O) groups excluding carboxylic acids is 1. The van der Waals surface area contributed by atoms with Gasteiger partial charge in [-0.25, -0.2) is 0 Å². The van der Waals surface area contributed by atoms with E-state index in [1.54, 1.807) is 14.2 Å².